The third kappa shape index (κ3) is 4.95. The fourth-order valence-electron chi connectivity index (χ4n) is 3.21. The first-order valence-electron chi connectivity index (χ1n) is 9.89. The molecule has 0 aliphatic rings. The molecule has 0 radical (unpaired) electrons. The molecule has 0 spiro atoms. The van der Waals surface area contributed by atoms with Crippen LogP contribution in [0, 0.1) is 6.92 Å². The summed E-state index contributed by atoms with van der Waals surface area (Å²) in [4.78, 5) is 36.1. The van der Waals surface area contributed by atoms with Gasteiger partial charge in [-0.05, 0) is 54.7 Å². The fraction of sp³-hybridized carbons (Fsp3) is 0.292. The number of aryl methyl sites for hydroxylation is 3. The second-order valence-electron chi connectivity index (χ2n) is 6.98. The number of esters is 1. The van der Waals surface area contributed by atoms with Crippen molar-refractivity contribution in [2.45, 2.75) is 33.6 Å². The molecule has 156 valence electrons. The maximum Gasteiger partial charge on any atom is 0.344 e. The van der Waals surface area contributed by atoms with Crippen LogP contribution in [0.2, 0.25) is 0 Å². The normalized spacial score (nSPS) is 10.8. The van der Waals surface area contributed by atoms with E-state index >= 15 is 0 Å². The van der Waals surface area contributed by atoms with Crippen molar-refractivity contribution < 1.29 is 23.5 Å². The summed E-state index contributed by atoms with van der Waals surface area (Å²) in [6.07, 6.45) is 1.54. The van der Waals surface area contributed by atoms with Gasteiger partial charge in [0.05, 0.1) is 0 Å². The van der Waals surface area contributed by atoms with Crippen LogP contribution in [-0.2, 0) is 22.4 Å². The second-order valence-corrected chi connectivity index (χ2v) is 6.98. The Morgan fingerprint density at radius 1 is 0.967 bits per heavy atom. The van der Waals surface area contributed by atoms with Gasteiger partial charge in [0.1, 0.15) is 11.3 Å². The number of hydrogen-bond acceptors (Lipinski definition) is 6. The summed E-state index contributed by atoms with van der Waals surface area (Å²) in [6, 6.07) is 12.2. The van der Waals surface area contributed by atoms with Gasteiger partial charge < -0.3 is 13.9 Å². The third-order valence-corrected chi connectivity index (χ3v) is 4.91. The maximum atomic E-state index is 12.5. The fourth-order valence-corrected chi connectivity index (χ4v) is 3.21. The molecule has 0 aliphatic heterocycles. The minimum atomic E-state index is -0.654. The lowest BCUT2D eigenvalue weighted by Gasteiger charge is -2.10. The molecule has 6 nitrogen and oxygen atoms in total. The van der Waals surface area contributed by atoms with E-state index in [1.54, 1.807) is 18.2 Å². The molecular formula is C24H24O6. The summed E-state index contributed by atoms with van der Waals surface area (Å²) in [5.41, 5.74) is 3.30. The van der Waals surface area contributed by atoms with Crippen LogP contribution in [-0.4, -0.2) is 25.0 Å². The van der Waals surface area contributed by atoms with Crippen LogP contribution >= 0.6 is 0 Å². The number of ether oxygens (including phenoxy) is 2. The molecule has 0 unspecified atom stereocenters. The van der Waals surface area contributed by atoms with E-state index in [4.69, 9.17) is 13.9 Å². The molecule has 3 aromatic rings. The van der Waals surface area contributed by atoms with E-state index in [1.165, 1.54) is 6.07 Å². The Hall–Kier alpha value is -3.41. The SMILES string of the molecule is CCc1ccc(CC)c(C(=O)COC(=O)COc2ccc3c(C)cc(=O)oc3c2)c1. The Morgan fingerprint density at radius 3 is 2.50 bits per heavy atom. The summed E-state index contributed by atoms with van der Waals surface area (Å²) in [5, 5.41) is 0.788. The van der Waals surface area contributed by atoms with Crippen LogP contribution in [0.3, 0.4) is 0 Å². The van der Waals surface area contributed by atoms with Crippen LogP contribution in [0.4, 0.5) is 0 Å². The summed E-state index contributed by atoms with van der Waals surface area (Å²) < 4.78 is 15.7. The van der Waals surface area contributed by atoms with E-state index in [0.717, 1.165) is 34.9 Å². The van der Waals surface area contributed by atoms with E-state index in [9.17, 15) is 14.4 Å². The highest BCUT2D eigenvalue weighted by molar-refractivity contribution is 5.99. The zero-order valence-corrected chi connectivity index (χ0v) is 17.3. The van der Waals surface area contributed by atoms with Gasteiger partial charge in [0, 0.05) is 23.1 Å². The van der Waals surface area contributed by atoms with E-state index < -0.39 is 11.6 Å². The highest BCUT2D eigenvalue weighted by atomic mass is 16.6. The molecule has 6 heteroatoms. The van der Waals surface area contributed by atoms with Crippen molar-refractivity contribution in [2.24, 2.45) is 0 Å². The minimum absolute atomic E-state index is 0.238. The summed E-state index contributed by atoms with van der Waals surface area (Å²) in [7, 11) is 0. The van der Waals surface area contributed by atoms with Crippen LogP contribution in [0.1, 0.15) is 40.9 Å². The predicted octanol–water partition coefficient (Wildman–Crippen LogP) is 4.03. The average Bonchev–Trinajstić information content (AvgIpc) is 2.75. The molecule has 0 N–H and O–H groups in total. The highest BCUT2D eigenvalue weighted by Crippen LogP contribution is 2.22. The van der Waals surface area contributed by atoms with Crippen LogP contribution < -0.4 is 10.4 Å². The van der Waals surface area contributed by atoms with Crippen molar-refractivity contribution in [3.8, 4) is 5.75 Å². The number of carbonyl (C=O) groups is 2. The number of benzene rings is 2. The molecule has 0 bridgehead atoms. The van der Waals surface area contributed by atoms with Crippen molar-refractivity contribution in [2.75, 3.05) is 13.2 Å². The van der Waals surface area contributed by atoms with Crippen molar-refractivity contribution in [3.63, 3.8) is 0 Å². The standard InChI is InChI=1S/C24H24O6/c1-4-16-6-7-17(5-2)20(11-16)21(25)13-29-24(27)14-28-18-8-9-19-15(3)10-23(26)30-22(19)12-18/h6-12H,4-5,13-14H2,1-3H3. The van der Waals surface area contributed by atoms with Gasteiger partial charge in [-0.1, -0.05) is 26.0 Å². The third-order valence-electron chi connectivity index (χ3n) is 4.91. The Bertz CT molecular complexity index is 1140. The van der Waals surface area contributed by atoms with E-state index in [1.807, 2.05) is 39.0 Å². The Morgan fingerprint density at radius 2 is 1.77 bits per heavy atom. The lowest BCUT2D eigenvalue weighted by molar-refractivity contribution is -0.144. The van der Waals surface area contributed by atoms with Crippen LogP contribution in [0.25, 0.3) is 11.0 Å². The number of ketones is 1. The van der Waals surface area contributed by atoms with Crippen LogP contribution in [0.15, 0.2) is 51.7 Å². The summed E-state index contributed by atoms with van der Waals surface area (Å²) in [5.74, 6) is -0.527. The largest absolute Gasteiger partial charge is 0.482 e. The van der Waals surface area contributed by atoms with Gasteiger partial charge in [-0.25, -0.2) is 9.59 Å². The van der Waals surface area contributed by atoms with Gasteiger partial charge in [-0.3, -0.25) is 4.79 Å². The summed E-state index contributed by atoms with van der Waals surface area (Å²) in [6.45, 7) is 5.11. The Balaban J connectivity index is 1.59. The monoisotopic (exact) mass is 408 g/mol. The lowest BCUT2D eigenvalue weighted by Crippen LogP contribution is -2.20. The van der Waals surface area contributed by atoms with Gasteiger partial charge >= 0.3 is 11.6 Å². The first kappa shape index (κ1) is 21.3. The topological polar surface area (TPSA) is 82.8 Å². The van der Waals surface area contributed by atoms with Gasteiger partial charge in [0.25, 0.3) is 0 Å². The Labute approximate surface area is 174 Å². The molecule has 1 aromatic heterocycles. The number of carbonyl (C=O) groups excluding carboxylic acids is 2. The van der Waals surface area contributed by atoms with Crippen LogP contribution in [0.5, 0.6) is 5.75 Å². The molecule has 0 atom stereocenters. The summed E-state index contributed by atoms with van der Waals surface area (Å²) >= 11 is 0. The number of Topliss-reactive ketones (excluding diaryl/α,β-unsaturated/α-hetero) is 1. The number of rotatable bonds is 8. The van der Waals surface area contributed by atoms with E-state index in [0.29, 0.717) is 16.9 Å². The van der Waals surface area contributed by atoms with Crippen molar-refractivity contribution in [1.82, 2.24) is 0 Å². The highest BCUT2D eigenvalue weighted by Gasteiger charge is 2.14. The number of hydrogen-bond donors (Lipinski definition) is 0. The lowest BCUT2D eigenvalue weighted by atomic mass is 9.98. The predicted molar refractivity (Wildman–Crippen MR) is 113 cm³/mol. The molecule has 0 amide bonds. The van der Waals surface area contributed by atoms with Crippen molar-refractivity contribution in [1.29, 1.82) is 0 Å². The zero-order chi connectivity index (χ0) is 21.7. The molecule has 0 aliphatic carbocycles. The minimum Gasteiger partial charge on any atom is -0.482 e. The van der Waals surface area contributed by atoms with Gasteiger partial charge in [0.2, 0.25) is 5.78 Å². The molecule has 0 saturated carbocycles. The molecule has 3 rings (SSSR count). The van der Waals surface area contributed by atoms with Crippen molar-refractivity contribution in [3.05, 3.63) is 75.1 Å². The zero-order valence-electron chi connectivity index (χ0n) is 17.3. The number of fused-ring (bicyclic) bond motifs is 1. The van der Waals surface area contributed by atoms with Gasteiger partial charge in [-0.2, -0.15) is 0 Å². The van der Waals surface area contributed by atoms with Gasteiger partial charge in [-0.15, -0.1) is 0 Å². The molecular weight excluding hydrogens is 384 g/mol. The second kappa shape index (κ2) is 9.39. The van der Waals surface area contributed by atoms with Gasteiger partial charge in [0.15, 0.2) is 13.2 Å². The average molecular weight is 408 g/mol. The first-order valence-corrected chi connectivity index (χ1v) is 9.89. The first-order chi connectivity index (χ1) is 14.4. The maximum absolute atomic E-state index is 12.5. The molecule has 0 fully saturated rings. The van der Waals surface area contributed by atoms with E-state index in [-0.39, 0.29) is 19.0 Å². The molecule has 30 heavy (non-hydrogen) atoms. The van der Waals surface area contributed by atoms with Crippen molar-refractivity contribution >= 4 is 22.7 Å². The quantitative estimate of drug-likeness (QED) is 0.318. The Kier molecular flexibility index (Phi) is 6.67. The molecule has 0 saturated heterocycles. The smallest absolute Gasteiger partial charge is 0.344 e. The molecule has 2 aromatic carbocycles. The van der Waals surface area contributed by atoms with E-state index in [2.05, 4.69) is 0 Å². The molecule has 1 heterocycles.